The lowest BCUT2D eigenvalue weighted by atomic mass is 10.1. The number of sulfonamides is 1. The number of amides is 1. The van der Waals surface area contributed by atoms with Gasteiger partial charge in [-0.15, -0.1) is 0 Å². The molecule has 0 aliphatic carbocycles. The zero-order valence-corrected chi connectivity index (χ0v) is 12.9. The second-order valence-corrected chi connectivity index (χ2v) is 6.62. The van der Waals surface area contributed by atoms with Gasteiger partial charge in [-0.2, -0.15) is 0 Å². The maximum Gasteiger partial charge on any atom is 0.255 e. The summed E-state index contributed by atoms with van der Waals surface area (Å²) in [5.74, 6) is -0.846. The van der Waals surface area contributed by atoms with Crippen LogP contribution < -0.4 is 10.0 Å². The second kappa shape index (κ2) is 6.15. The molecule has 1 amide bonds. The predicted molar refractivity (Wildman–Crippen MR) is 84.0 cm³/mol. The van der Waals surface area contributed by atoms with Crippen LogP contribution in [0.2, 0.25) is 0 Å². The minimum Gasteiger partial charge on any atom is -0.322 e. The van der Waals surface area contributed by atoms with Crippen LogP contribution in [0.5, 0.6) is 0 Å². The Morgan fingerprint density at radius 1 is 1.14 bits per heavy atom. The summed E-state index contributed by atoms with van der Waals surface area (Å²) in [6, 6.07) is 10.1. The van der Waals surface area contributed by atoms with Gasteiger partial charge in [0.15, 0.2) is 0 Å². The molecule has 0 unspecified atom stereocenters. The van der Waals surface area contributed by atoms with Crippen molar-refractivity contribution in [1.82, 2.24) is 0 Å². The number of benzene rings is 2. The molecule has 2 N–H and O–H groups in total. The summed E-state index contributed by atoms with van der Waals surface area (Å²) in [6.45, 7) is 1.69. The standard InChI is InChI=1S/C15H15FN2O3S/c1-10-8-11(6-7-14(10)18-22(2,20)21)15(19)17-13-5-3-4-12(16)9-13/h3-9,18H,1-2H3,(H,17,19). The van der Waals surface area contributed by atoms with Crippen molar-refractivity contribution in [2.75, 3.05) is 16.3 Å². The van der Waals surface area contributed by atoms with Gasteiger partial charge in [0.2, 0.25) is 10.0 Å². The smallest absolute Gasteiger partial charge is 0.255 e. The monoisotopic (exact) mass is 322 g/mol. The summed E-state index contributed by atoms with van der Waals surface area (Å²) in [7, 11) is -3.38. The van der Waals surface area contributed by atoms with Gasteiger partial charge >= 0.3 is 0 Å². The Hall–Kier alpha value is -2.41. The van der Waals surface area contributed by atoms with Crippen LogP contribution in [0, 0.1) is 12.7 Å². The Balaban J connectivity index is 2.19. The molecule has 0 saturated carbocycles. The first-order valence-electron chi connectivity index (χ1n) is 6.40. The number of hydrogen-bond acceptors (Lipinski definition) is 3. The van der Waals surface area contributed by atoms with Crippen molar-refractivity contribution in [3.05, 3.63) is 59.4 Å². The minimum absolute atomic E-state index is 0.348. The molecule has 2 aromatic carbocycles. The normalized spacial score (nSPS) is 11.0. The highest BCUT2D eigenvalue weighted by molar-refractivity contribution is 7.92. The maximum absolute atomic E-state index is 13.1. The average molecular weight is 322 g/mol. The number of aryl methyl sites for hydroxylation is 1. The molecule has 0 aliphatic heterocycles. The lowest BCUT2D eigenvalue weighted by Gasteiger charge is -2.10. The van der Waals surface area contributed by atoms with Gasteiger partial charge in [-0.25, -0.2) is 12.8 Å². The van der Waals surface area contributed by atoms with Gasteiger partial charge in [0.1, 0.15) is 5.82 Å². The van der Waals surface area contributed by atoms with Gasteiger partial charge in [0, 0.05) is 11.3 Å². The van der Waals surface area contributed by atoms with Crippen LogP contribution in [-0.4, -0.2) is 20.6 Å². The van der Waals surface area contributed by atoms with Crippen LogP contribution in [0.15, 0.2) is 42.5 Å². The van der Waals surface area contributed by atoms with E-state index in [9.17, 15) is 17.6 Å². The van der Waals surface area contributed by atoms with Crippen LogP contribution in [0.3, 0.4) is 0 Å². The van der Waals surface area contributed by atoms with E-state index < -0.39 is 21.7 Å². The van der Waals surface area contributed by atoms with E-state index in [0.717, 1.165) is 6.26 Å². The molecule has 0 aliphatic rings. The third-order valence-electron chi connectivity index (χ3n) is 2.87. The first-order valence-corrected chi connectivity index (χ1v) is 8.29. The quantitative estimate of drug-likeness (QED) is 0.909. The van der Waals surface area contributed by atoms with Gasteiger partial charge in [0.05, 0.1) is 11.9 Å². The largest absolute Gasteiger partial charge is 0.322 e. The topological polar surface area (TPSA) is 75.3 Å². The van der Waals surface area contributed by atoms with Gasteiger partial charge in [-0.05, 0) is 48.9 Å². The summed E-state index contributed by atoms with van der Waals surface area (Å²) in [4.78, 5) is 12.1. The van der Waals surface area contributed by atoms with E-state index in [1.807, 2.05) is 0 Å². The van der Waals surface area contributed by atoms with Gasteiger partial charge in [-0.1, -0.05) is 6.07 Å². The van der Waals surface area contributed by atoms with E-state index in [2.05, 4.69) is 10.0 Å². The van der Waals surface area contributed by atoms with Crippen molar-refractivity contribution >= 4 is 27.3 Å². The van der Waals surface area contributed by atoms with Crippen LogP contribution in [0.4, 0.5) is 15.8 Å². The Bertz CT molecular complexity index is 819. The first kappa shape index (κ1) is 16.0. The van der Waals surface area contributed by atoms with Crippen molar-refractivity contribution < 1.29 is 17.6 Å². The Labute approximate surface area is 128 Å². The molecule has 0 fully saturated rings. The molecule has 0 radical (unpaired) electrons. The molecule has 116 valence electrons. The summed E-state index contributed by atoms with van der Waals surface area (Å²) >= 11 is 0. The fourth-order valence-corrected chi connectivity index (χ4v) is 2.52. The second-order valence-electron chi connectivity index (χ2n) is 4.87. The SMILES string of the molecule is Cc1cc(C(=O)Nc2cccc(F)c2)ccc1NS(C)(=O)=O. The minimum atomic E-state index is -3.38. The number of hydrogen-bond donors (Lipinski definition) is 2. The lowest BCUT2D eigenvalue weighted by Crippen LogP contribution is -2.14. The molecule has 2 aromatic rings. The van der Waals surface area contributed by atoms with Crippen molar-refractivity contribution in [1.29, 1.82) is 0 Å². The highest BCUT2D eigenvalue weighted by Crippen LogP contribution is 2.19. The van der Waals surface area contributed by atoms with E-state index in [1.165, 1.54) is 30.3 Å². The van der Waals surface area contributed by atoms with Crippen LogP contribution in [-0.2, 0) is 10.0 Å². The molecule has 2 rings (SSSR count). The number of carbonyl (C=O) groups excluding carboxylic acids is 1. The highest BCUT2D eigenvalue weighted by atomic mass is 32.2. The van der Waals surface area contributed by atoms with Crippen molar-refractivity contribution in [3.63, 3.8) is 0 Å². The molecular weight excluding hydrogens is 307 g/mol. The zero-order valence-electron chi connectivity index (χ0n) is 12.1. The van der Waals surface area contributed by atoms with Crippen molar-refractivity contribution in [2.24, 2.45) is 0 Å². The van der Waals surface area contributed by atoms with E-state index in [-0.39, 0.29) is 0 Å². The molecule has 0 heterocycles. The van der Waals surface area contributed by atoms with E-state index >= 15 is 0 Å². The fourth-order valence-electron chi connectivity index (χ4n) is 1.89. The fraction of sp³-hybridized carbons (Fsp3) is 0.133. The summed E-state index contributed by atoms with van der Waals surface area (Å²) < 4.78 is 37.9. The first-order chi connectivity index (χ1) is 10.2. The summed E-state index contributed by atoms with van der Waals surface area (Å²) in [6.07, 6.45) is 1.05. The number of anilines is 2. The lowest BCUT2D eigenvalue weighted by molar-refractivity contribution is 0.102. The van der Waals surface area contributed by atoms with Crippen molar-refractivity contribution in [3.8, 4) is 0 Å². The predicted octanol–water partition coefficient (Wildman–Crippen LogP) is 2.76. The van der Waals surface area contributed by atoms with E-state index in [1.54, 1.807) is 19.1 Å². The van der Waals surface area contributed by atoms with E-state index in [0.29, 0.717) is 22.5 Å². The zero-order chi connectivity index (χ0) is 16.3. The van der Waals surface area contributed by atoms with E-state index in [4.69, 9.17) is 0 Å². The molecule has 0 atom stereocenters. The Kier molecular flexibility index (Phi) is 4.46. The Morgan fingerprint density at radius 2 is 1.86 bits per heavy atom. The molecule has 0 saturated heterocycles. The molecule has 0 aromatic heterocycles. The maximum atomic E-state index is 13.1. The number of nitrogens with one attached hydrogen (secondary N) is 2. The number of carbonyl (C=O) groups is 1. The van der Waals surface area contributed by atoms with Crippen molar-refractivity contribution in [2.45, 2.75) is 6.92 Å². The molecule has 0 spiro atoms. The van der Waals surface area contributed by atoms with Crippen LogP contribution >= 0.6 is 0 Å². The Morgan fingerprint density at radius 3 is 2.45 bits per heavy atom. The van der Waals surface area contributed by atoms with Gasteiger partial charge in [0.25, 0.3) is 5.91 Å². The van der Waals surface area contributed by atoms with Gasteiger partial charge in [-0.3, -0.25) is 9.52 Å². The molecule has 22 heavy (non-hydrogen) atoms. The van der Waals surface area contributed by atoms with Crippen LogP contribution in [0.25, 0.3) is 0 Å². The average Bonchev–Trinajstić information content (AvgIpc) is 2.39. The van der Waals surface area contributed by atoms with Crippen LogP contribution in [0.1, 0.15) is 15.9 Å². The third-order valence-corrected chi connectivity index (χ3v) is 3.46. The highest BCUT2D eigenvalue weighted by Gasteiger charge is 2.10. The summed E-state index contributed by atoms with van der Waals surface area (Å²) in [5.41, 5.74) is 1.71. The number of rotatable bonds is 4. The molecule has 5 nitrogen and oxygen atoms in total. The number of halogens is 1. The molecular formula is C15H15FN2O3S. The molecule has 7 heteroatoms. The third kappa shape index (κ3) is 4.29. The van der Waals surface area contributed by atoms with Gasteiger partial charge < -0.3 is 5.32 Å². The molecule has 0 bridgehead atoms. The summed E-state index contributed by atoms with van der Waals surface area (Å²) in [5, 5.41) is 2.58.